The zero-order valence-corrected chi connectivity index (χ0v) is 12.3. The molecular formula is C16H19FN4O. The van der Waals surface area contributed by atoms with Crippen LogP contribution < -0.4 is 4.90 Å². The normalized spacial score (nSPS) is 16.0. The van der Waals surface area contributed by atoms with E-state index >= 15 is 0 Å². The molecule has 3 rings (SSSR count). The maximum absolute atomic E-state index is 13.3. The van der Waals surface area contributed by atoms with E-state index in [9.17, 15) is 4.39 Å². The number of rotatable bonds is 4. The Morgan fingerprint density at radius 1 is 1.27 bits per heavy atom. The maximum Gasteiger partial charge on any atom is 0.245 e. The number of aliphatic hydroxyl groups is 1. The Labute approximate surface area is 128 Å². The van der Waals surface area contributed by atoms with Gasteiger partial charge in [-0.2, -0.15) is 5.10 Å². The highest BCUT2D eigenvalue weighted by atomic mass is 19.1. The molecule has 0 bridgehead atoms. The molecule has 0 atom stereocenters. The van der Waals surface area contributed by atoms with Crippen LogP contribution in [-0.4, -0.2) is 40.0 Å². The Balaban J connectivity index is 1.75. The van der Waals surface area contributed by atoms with Gasteiger partial charge in [-0.05, 0) is 37.3 Å². The SMILES string of the molecule is OCCC1CCN(c2nncc(-c3cccc(F)c3)n2)CC1. The molecule has 0 spiro atoms. The monoisotopic (exact) mass is 302 g/mol. The standard InChI is InChI=1S/C16H19FN4O/c17-14-3-1-2-13(10-14)15-11-18-20-16(19-15)21-7-4-12(5-8-21)6-9-22/h1-3,10-12,22H,4-9H2. The van der Waals surface area contributed by atoms with E-state index in [2.05, 4.69) is 20.1 Å². The lowest BCUT2D eigenvalue weighted by Gasteiger charge is -2.31. The second-order valence-corrected chi connectivity index (χ2v) is 5.59. The molecule has 0 saturated carbocycles. The minimum atomic E-state index is -0.289. The van der Waals surface area contributed by atoms with E-state index in [1.54, 1.807) is 12.3 Å². The van der Waals surface area contributed by atoms with Crippen LogP contribution in [0.15, 0.2) is 30.5 Å². The maximum atomic E-state index is 13.3. The number of aliphatic hydroxyl groups excluding tert-OH is 1. The lowest BCUT2D eigenvalue weighted by atomic mass is 9.94. The van der Waals surface area contributed by atoms with E-state index in [4.69, 9.17) is 5.11 Å². The van der Waals surface area contributed by atoms with Gasteiger partial charge in [0.1, 0.15) is 5.82 Å². The molecule has 22 heavy (non-hydrogen) atoms. The summed E-state index contributed by atoms with van der Waals surface area (Å²) in [6, 6.07) is 6.32. The second-order valence-electron chi connectivity index (χ2n) is 5.59. The van der Waals surface area contributed by atoms with Crippen LogP contribution in [0.3, 0.4) is 0 Å². The molecule has 2 aromatic rings. The van der Waals surface area contributed by atoms with Crippen LogP contribution in [-0.2, 0) is 0 Å². The molecule has 1 N–H and O–H groups in total. The number of aromatic nitrogens is 3. The quantitative estimate of drug-likeness (QED) is 0.939. The topological polar surface area (TPSA) is 62.1 Å². The molecule has 1 aromatic carbocycles. The molecule has 0 radical (unpaired) electrons. The Bertz CT molecular complexity index is 629. The van der Waals surface area contributed by atoms with Crippen LogP contribution in [0.4, 0.5) is 10.3 Å². The number of anilines is 1. The molecule has 0 amide bonds. The van der Waals surface area contributed by atoms with Crippen molar-refractivity contribution in [3.63, 3.8) is 0 Å². The first kappa shape index (κ1) is 14.8. The van der Waals surface area contributed by atoms with Crippen molar-refractivity contribution in [1.82, 2.24) is 15.2 Å². The van der Waals surface area contributed by atoms with Crippen molar-refractivity contribution in [3.05, 3.63) is 36.3 Å². The van der Waals surface area contributed by atoms with E-state index in [1.165, 1.54) is 12.1 Å². The van der Waals surface area contributed by atoms with Gasteiger partial charge in [-0.15, -0.1) is 5.10 Å². The lowest BCUT2D eigenvalue weighted by Crippen LogP contribution is -2.35. The molecule has 2 heterocycles. The summed E-state index contributed by atoms with van der Waals surface area (Å²) in [7, 11) is 0. The molecule has 0 aliphatic carbocycles. The van der Waals surface area contributed by atoms with E-state index in [-0.39, 0.29) is 12.4 Å². The van der Waals surface area contributed by atoms with Gasteiger partial charge in [-0.25, -0.2) is 9.37 Å². The Kier molecular flexibility index (Phi) is 4.58. The molecule has 1 aliphatic heterocycles. The zero-order chi connectivity index (χ0) is 15.4. The largest absolute Gasteiger partial charge is 0.396 e. The average Bonchev–Trinajstić information content (AvgIpc) is 2.56. The van der Waals surface area contributed by atoms with Gasteiger partial charge in [0, 0.05) is 25.3 Å². The van der Waals surface area contributed by atoms with Crippen LogP contribution in [0.5, 0.6) is 0 Å². The van der Waals surface area contributed by atoms with Crippen LogP contribution in [0.2, 0.25) is 0 Å². The van der Waals surface area contributed by atoms with Gasteiger partial charge in [0.15, 0.2) is 0 Å². The number of piperidine rings is 1. The third kappa shape index (κ3) is 3.39. The number of hydrogen-bond donors (Lipinski definition) is 1. The first-order valence-corrected chi connectivity index (χ1v) is 7.58. The summed E-state index contributed by atoms with van der Waals surface area (Å²) in [4.78, 5) is 6.62. The Hall–Kier alpha value is -2.08. The van der Waals surface area contributed by atoms with Crippen molar-refractivity contribution < 1.29 is 9.50 Å². The summed E-state index contributed by atoms with van der Waals surface area (Å²) in [6.07, 6.45) is 4.45. The minimum Gasteiger partial charge on any atom is -0.396 e. The number of nitrogens with zero attached hydrogens (tertiary/aromatic N) is 4. The van der Waals surface area contributed by atoms with E-state index in [0.29, 0.717) is 23.1 Å². The van der Waals surface area contributed by atoms with Crippen LogP contribution >= 0.6 is 0 Å². The Morgan fingerprint density at radius 3 is 2.82 bits per heavy atom. The summed E-state index contributed by atoms with van der Waals surface area (Å²) in [5.74, 6) is 0.868. The highest BCUT2D eigenvalue weighted by Gasteiger charge is 2.21. The van der Waals surface area contributed by atoms with Crippen molar-refractivity contribution in [2.45, 2.75) is 19.3 Å². The third-order valence-electron chi connectivity index (χ3n) is 4.10. The lowest BCUT2D eigenvalue weighted by molar-refractivity contribution is 0.240. The van der Waals surface area contributed by atoms with Crippen LogP contribution in [0, 0.1) is 11.7 Å². The molecule has 1 aliphatic rings. The van der Waals surface area contributed by atoms with Crippen molar-refractivity contribution >= 4 is 5.95 Å². The fourth-order valence-corrected chi connectivity index (χ4v) is 2.82. The molecule has 1 saturated heterocycles. The van der Waals surface area contributed by atoms with Gasteiger partial charge in [0.05, 0.1) is 11.9 Å². The molecule has 6 heteroatoms. The van der Waals surface area contributed by atoms with Gasteiger partial charge in [-0.1, -0.05) is 12.1 Å². The molecular weight excluding hydrogens is 283 g/mol. The van der Waals surface area contributed by atoms with Crippen molar-refractivity contribution in [2.24, 2.45) is 5.92 Å². The molecule has 1 fully saturated rings. The van der Waals surface area contributed by atoms with E-state index in [1.807, 2.05) is 6.07 Å². The van der Waals surface area contributed by atoms with Gasteiger partial charge in [0.2, 0.25) is 5.95 Å². The molecule has 0 unspecified atom stereocenters. The first-order valence-electron chi connectivity index (χ1n) is 7.58. The fraction of sp³-hybridized carbons (Fsp3) is 0.438. The highest BCUT2D eigenvalue weighted by molar-refractivity contribution is 5.59. The summed E-state index contributed by atoms with van der Waals surface area (Å²) in [5.41, 5.74) is 1.33. The zero-order valence-electron chi connectivity index (χ0n) is 12.3. The summed E-state index contributed by atoms with van der Waals surface area (Å²) in [6.45, 7) is 1.97. The van der Waals surface area contributed by atoms with Gasteiger partial charge < -0.3 is 10.0 Å². The smallest absolute Gasteiger partial charge is 0.245 e. The predicted molar refractivity (Wildman–Crippen MR) is 81.9 cm³/mol. The van der Waals surface area contributed by atoms with Crippen LogP contribution in [0.1, 0.15) is 19.3 Å². The minimum absolute atomic E-state index is 0.248. The predicted octanol–water partition coefficient (Wildman–Crippen LogP) is 2.28. The summed E-state index contributed by atoms with van der Waals surface area (Å²) < 4.78 is 13.3. The van der Waals surface area contributed by atoms with Gasteiger partial charge in [-0.3, -0.25) is 0 Å². The van der Waals surface area contributed by atoms with Gasteiger partial charge >= 0.3 is 0 Å². The average molecular weight is 302 g/mol. The van der Waals surface area contributed by atoms with Crippen molar-refractivity contribution in [3.8, 4) is 11.3 Å². The number of hydrogen-bond acceptors (Lipinski definition) is 5. The van der Waals surface area contributed by atoms with E-state index < -0.39 is 0 Å². The van der Waals surface area contributed by atoms with Crippen molar-refractivity contribution in [1.29, 1.82) is 0 Å². The van der Waals surface area contributed by atoms with Crippen LogP contribution in [0.25, 0.3) is 11.3 Å². The van der Waals surface area contributed by atoms with Gasteiger partial charge in [0.25, 0.3) is 0 Å². The number of benzene rings is 1. The fourth-order valence-electron chi connectivity index (χ4n) is 2.82. The highest BCUT2D eigenvalue weighted by Crippen LogP contribution is 2.24. The molecule has 5 nitrogen and oxygen atoms in total. The third-order valence-corrected chi connectivity index (χ3v) is 4.10. The summed E-state index contributed by atoms with van der Waals surface area (Å²) in [5, 5.41) is 17.1. The van der Waals surface area contributed by atoms with Crippen molar-refractivity contribution in [2.75, 3.05) is 24.6 Å². The number of halogens is 1. The second kappa shape index (κ2) is 6.79. The Morgan fingerprint density at radius 2 is 2.09 bits per heavy atom. The molecule has 116 valence electrons. The molecule has 1 aromatic heterocycles. The van der Waals surface area contributed by atoms with E-state index in [0.717, 1.165) is 32.4 Å². The first-order chi connectivity index (χ1) is 10.8. The summed E-state index contributed by atoms with van der Waals surface area (Å²) >= 11 is 0.